The van der Waals surface area contributed by atoms with Crippen LogP contribution in [0.15, 0.2) is 12.4 Å². The number of ether oxygens (including phenoxy) is 1. The SMILES string of the molecule is COC(=O)c1cc(N2CCC(C(C)N3CCN(C)CC3)CC2)ncn1. The molecule has 1 atom stereocenters. The molecule has 0 N–H and O–H groups in total. The Morgan fingerprint density at radius 2 is 1.84 bits per heavy atom. The largest absolute Gasteiger partial charge is 0.464 e. The molecule has 0 amide bonds. The number of piperazine rings is 1. The van der Waals surface area contributed by atoms with Gasteiger partial charge in [-0.2, -0.15) is 0 Å². The molecule has 7 nitrogen and oxygen atoms in total. The summed E-state index contributed by atoms with van der Waals surface area (Å²) in [6, 6.07) is 2.36. The first kappa shape index (κ1) is 18.1. The first-order chi connectivity index (χ1) is 12.1. The Balaban J connectivity index is 1.56. The van der Waals surface area contributed by atoms with Crippen molar-refractivity contribution in [1.82, 2.24) is 19.8 Å². The quantitative estimate of drug-likeness (QED) is 0.756. The van der Waals surface area contributed by atoms with Crippen LogP contribution < -0.4 is 4.90 Å². The van der Waals surface area contributed by atoms with E-state index in [2.05, 4.69) is 38.6 Å². The minimum absolute atomic E-state index is 0.320. The summed E-state index contributed by atoms with van der Waals surface area (Å²) in [5.74, 6) is 1.13. The molecule has 0 saturated carbocycles. The van der Waals surface area contributed by atoms with E-state index in [4.69, 9.17) is 4.74 Å². The Hall–Kier alpha value is -1.73. The van der Waals surface area contributed by atoms with Crippen LogP contribution in [0.2, 0.25) is 0 Å². The predicted molar refractivity (Wildman–Crippen MR) is 96.8 cm³/mol. The van der Waals surface area contributed by atoms with E-state index in [1.165, 1.54) is 39.6 Å². The van der Waals surface area contributed by atoms with E-state index in [9.17, 15) is 4.79 Å². The molecule has 2 aliphatic rings. The molecule has 0 aromatic carbocycles. The van der Waals surface area contributed by atoms with Crippen LogP contribution in [0.1, 0.15) is 30.3 Å². The summed E-state index contributed by atoms with van der Waals surface area (Å²) in [6.07, 6.45) is 3.76. The summed E-state index contributed by atoms with van der Waals surface area (Å²) in [4.78, 5) is 27.3. The zero-order valence-corrected chi connectivity index (χ0v) is 15.5. The average Bonchev–Trinajstić information content (AvgIpc) is 2.67. The van der Waals surface area contributed by atoms with Gasteiger partial charge in [-0.3, -0.25) is 4.90 Å². The smallest absolute Gasteiger partial charge is 0.356 e. The lowest BCUT2D eigenvalue weighted by atomic mass is 9.89. The van der Waals surface area contributed by atoms with Crippen molar-refractivity contribution in [2.75, 3.05) is 58.3 Å². The van der Waals surface area contributed by atoms with Gasteiger partial charge in [0.25, 0.3) is 0 Å². The highest BCUT2D eigenvalue weighted by Crippen LogP contribution is 2.27. The normalized spacial score (nSPS) is 22.0. The highest BCUT2D eigenvalue weighted by Gasteiger charge is 2.29. The fraction of sp³-hybridized carbons (Fsp3) is 0.722. The summed E-state index contributed by atoms with van der Waals surface area (Å²) in [5, 5.41) is 0. The molecule has 0 spiro atoms. The lowest BCUT2D eigenvalue weighted by Gasteiger charge is -2.42. The second kappa shape index (κ2) is 8.10. The monoisotopic (exact) mass is 347 g/mol. The number of carbonyl (C=O) groups excluding carboxylic acids is 1. The van der Waals surface area contributed by atoms with Gasteiger partial charge < -0.3 is 14.5 Å². The molecule has 0 aliphatic carbocycles. The number of piperidine rings is 1. The zero-order chi connectivity index (χ0) is 17.8. The van der Waals surface area contributed by atoms with Crippen LogP contribution in [0.25, 0.3) is 0 Å². The molecule has 0 bridgehead atoms. The second-order valence-corrected chi connectivity index (χ2v) is 7.16. The van der Waals surface area contributed by atoms with Crippen LogP contribution in [0.4, 0.5) is 5.82 Å². The molecule has 2 fully saturated rings. The zero-order valence-electron chi connectivity index (χ0n) is 15.5. The number of aromatic nitrogens is 2. The average molecular weight is 347 g/mol. The van der Waals surface area contributed by atoms with Gasteiger partial charge in [0.1, 0.15) is 12.1 Å². The van der Waals surface area contributed by atoms with Crippen LogP contribution in [0.5, 0.6) is 0 Å². The summed E-state index contributed by atoms with van der Waals surface area (Å²) in [7, 11) is 3.57. The molecule has 25 heavy (non-hydrogen) atoms. The Labute approximate surface area is 150 Å². The van der Waals surface area contributed by atoms with Crippen LogP contribution in [-0.4, -0.2) is 85.2 Å². The van der Waals surface area contributed by atoms with E-state index in [0.717, 1.165) is 37.7 Å². The van der Waals surface area contributed by atoms with E-state index in [-0.39, 0.29) is 0 Å². The first-order valence-corrected chi connectivity index (χ1v) is 9.16. The van der Waals surface area contributed by atoms with Gasteiger partial charge in [0.05, 0.1) is 7.11 Å². The molecule has 1 aromatic heterocycles. The molecule has 3 heterocycles. The highest BCUT2D eigenvalue weighted by molar-refractivity contribution is 5.87. The van der Waals surface area contributed by atoms with E-state index in [1.54, 1.807) is 6.07 Å². The topological polar surface area (TPSA) is 61.8 Å². The first-order valence-electron chi connectivity index (χ1n) is 9.16. The van der Waals surface area contributed by atoms with Crippen molar-refractivity contribution in [3.05, 3.63) is 18.1 Å². The molecular formula is C18H29N5O2. The number of hydrogen-bond donors (Lipinski definition) is 0. The minimum Gasteiger partial charge on any atom is -0.464 e. The van der Waals surface area contributed by atoms with Crippen molar-refractivity contribution in [2.45, 2.75) is 25.8 Å². The summed E-state index contributed by atoms with van der Waals surface area (Å²) in [5.41, 5.74) is 0.320. The van der Waals surface area contributed by atoms with E-state index >= 15 is 0 Å². The maximum Gasteiger partial charge on any atom is 0.356 e. The van der Waals surface area contributed by atoms with E-state index in [1.807, 2.05) is 0 Å². The number of anilines is 1. The molecule has 1 unspecified atom stereocenters. The molecule has 3 rings (SSSR count). The van der Waals surface area contributed by atoms with Crippen LogP contribution in [0, 0.1) is 5.92 Å². The number of carbonyl (C=O) groups is 1. The molecular weight excluding hydrogens is 318 g/mol. The number of nitrogens with zero attached hydrogens (tertiary/aromatic N) is 5. The molecule has 1 aromatic rings. The number of likely N-dealkylation sites (N-methyl/N-ethyl adjacent to an activating group) is 1. The lowest BCUT2D eigenvalue weighted by Crippen LogP contribution is -2.51. The Kier molecular flexibility index (Phi) is 5.86. The van der Waals surface area contributed by atoms with Crippen molar-refractivity contribution >= 4 is 11.8 Å². The molecule has 0 radical (unpaired) electrons. The van der Waals surface area contributed by atoms with Gasteiger partial charge in [0.2, 0.25) is 0 Å². The third-order valence-electron chi connectivity index (χ3n) is 5.71. The maximum absolute atomic E-state index is 11.6. The summed E-state index contributed by atoms with van der Waals surface area (Å²) < 4.78 is 4.75. The van der Waals surface area contributed by atoms with Gasteiger partial charge in [-0.1, -0.05) is 0 Å². The fourth-order valence-electron chi connectivity index (χ4n) is 3.87. The predicted octanol–water partition coefficient (Wildman–Crippen LogP) is 1.12. The third kappa shape index (κ3) is 4.27. The summed E-state index contributed by atoms with van der Waals surface area (Å²) in [6.45, 7) is 9.01. The molecule has 2 aliphatic heterocycles. The van der Waals surface area contributed by atoms with Crippen molar-refractivity contribution in [3.63, 3.8) is 0 Å². The number of esters is 1. The van der Waals surface area contributed by atoms with Gasteiger partial charge in [0, 0.05) is 51.4 Å². The number of rotatable bonds is 4. The summed E-state index contributed by atoms with van der Waals surface area (Å²) >= 11 is 0. The van der Waals surface area contributed by atoms with Crippen LogP contribution >= 0.6 is 0 Å². The third-order valence-corrected chi connectivity index (χ3v) is 5.71. The van der Waals surface area contributed by atoms with E-state index < -0.39 is 5.97 Å². The van der Waals surface area contributed by atoms with Crippen molar-refractivity contribution < 1.29 is 9.53 Å². The maximum atomic E-state index is 11.6. The van der Waals surface area contributed by atoms with Gasteiger partial charge in [-0.15, -0.1) is 0 Å². The Morgan fingerprint density at radius 3 is 2.48 bits per heavy atom. The Bertz CT molecular complexity index is 581. The van der Waals surface area contributed by atoms with Gasteiger partial charge >= 0.3 is 5.97 Å². The number of methoxy groups -OCH3 is 1. The highest BCUT2D eigenvalue weighted by atomic mass is 16.5. The number of hydrogen-bond acceptors (Lipinski definition) is 7. The van der Waals surface area contributed by atoms with Gasteiger partial charge in [0.15, 0.2) is 5.69 Å². The molecule has 2 saturated heterocycles. The fourth-order valence-corrected chi connectivity index (χ4v) is 3.87. The van der Waals surface area contributed by atoms with Gasteiger partial charge in [-0.05, 0) is 32.7 Å². The Morgan fingerprint density at radius 1 is 1.16 bits per heavy atom. The molecule has 138 valence electrons. The van der Waals surface area contributed by atoms with E-state index in [0.29, 0.717) is 11.7 Å². The molecule has 7 heteroatoms. The van der Waals surface area contributed by atoms with Crippen LogP contribution in [0.3, 0.4) is 0 Å². The van der Waals surface area contributed by atoms with Crippen molar-refractivity contribution in [2.24, 2.45) is 5.92 Å². The van der Waals surface area contributed by atoms with Crippen molar-refractivity contribution in [3.8, 4) is 0 Å². The minimum atomic E-state index is -0.415. The van der Waals surface area contributed by atoms with Gasteiger partial charge in [-0.25, -0.2) is 14.8 Å². The second-order valence-electron chi connectivity index (χ2n) is 7.16. The standard InChI is InChI=1S/C18H29N5O2/c1-14(22-10-8-21(2)9-11-22)15-4-6-23(7-5-15)17-12-16(18(24)25-3)19-13-20-17/h12-15H,4-11H2,1-3H3. The van der Waals surface area contributed by atoms with Crippen molar-refractivity contribution in [1.29, 1.82) is 0 Å². The lowest BCUT2D eigenvalue weighted by molar-refractivity contribution is 0.0594. The van der Waals surface area contributed by atoms with Crippen LogP contribution in [-0.2, 0) is 4.74 Å².